The molecule has 1 aromatic heterocycles. The van der Waals surface area contributed by atoms with Gasteiger partial charge in [0.05, 0.1) is 32.9 Å². The van der Waals surface area contributed by atoms with Gasteiger partial charge in [-0.05, 0) is 57.0 Å². The minimum absolute atomic E-state index is 0.0377. The van der Waals surface area contributed by atoms with E-state index >= 15 is 0 Å². The van der Waals surface area contributed by atoms with Crippen LogP contribution in [0.15, 0.2) is 52.2 Å². The highest BCUT2D eigenvalue weighted by atomic mass is 35.5. The van der Waals surface area contributed by atoms with Gasteiger partial charge in [-0.2, -0.15) is 4.31 Å². The maximum absolute atomic E-state index is 13.5. The Hall–Kier alpha value is -2.75. The molecule has 1 N–H and O–H groups in total. The zero-order chi connectivity index (χ0) is 23.8. The van der Waals surface area contributed by atoms with Gasteiger partial charge in [0.2, 0.25) is 10.0 Å². The molecule has 4 rings (SSSR count). The summed E-state index contributed by atoms with van der Waals surface area (Å²) in [7, 11) is -3.70. The second-order valence-corrected chi connectivity index (χ2v) is 10.7. The number of carbonyl (C=O) groups excluding carboxylic acids is 1. The number of amides is 1. The molecular weight excluding hydrogens is 464 g/mol. The van der Waals surface area contributed by atoms with Crippen LogP contribution in [-0.4, -0.2) is 52.6 Å². The number of hydrogen-bond acceptors (Lipinski definition) is 5. The first-order valence-corrected chi connectivity index (χ1v) is 12.6. The van der Waals surface area contributed by atoms with Crippen LogP contribution in [-0.2, 0) is 16.6 Å². The van der Waals surface area contributed by atoms with Crippen molar-refractivity contribution in [1.82, 2.24) is 19.2 Å². The number of aromatic nitrogens is 2. The molecule has 1 amide bonds. The van der Waals surface area contributed by atoms with E-state index in [0.29, 0.717) is 29.8 Å². The molecule has 1 aliphatic heterocycles. The number of benzene rings is 2. The predicted octanol–water partition coefficient (Wildman–Crippen LogP) is 3.41. The van der Waals surface area contributed by atoms with E-state index in [1.807, 2.05) is 13.8 Å². The highest BCUT2D eigenvalue weighted by molar-refractivity contribution is 7.89. The first-order valence-electron chi connectivity index (χ1n) is 10.8. The second kappa shape index (κ2) is 9.24. The summed E-state index contributed by atoms with van der Waals surface area (Å²) in [5, 5.41) is 0.623. The number of sulfonamides is 1. The van der Waals surface area contributed by atoms with Gasteiger partial charge in [-0.15, -0.1) is 0 Å². The smallest absolute Gasteiger partial charge is 0.258 e. The van der Waals surface area contributed by atoms with E-state index in [-0.39, 0.29) is 33.6 Å². The summed E-state index contributed by atoms with van der Waals surface area (Å²) >= 11 is 6.33. The van der Waals surface area contributed by atoms with E-state index in [4.69, 9.17) is 11.6 Å². The van der Waals surface area contributed by atoms with Crippen molar-refractivity contribution in [2.75, 3.05) is 13.1 Å². The van der Waals surface area contributed by atoms with Crippen molar-refractivity contribution in [3.05, 3.63) is 69.2 Å². The third kappa shape index (κ3) is 4.66. The van der Waals surface area contributed by atoms with Gasteiger partial charge < -0.3 is 9.88 Å². The van der Waals surface area contributed by atoms with Crippen molar-refractivity contribution in [3.63, 3.8) is 0 Å². The minimum Gasteiger partial charge on any atom is -0.329 e. The van der Waals surface area contributed by atoms with E-state index in [2.05, 4.69) is 9.97 Å². The molecule has 1 fully saturated rings. The summed E-state index contributed by atoms with van der Waals surface area (Å²) in [6, 6.07) is 10.9. The first kappa shape index (κ1) is 23.4. The maximum Gasteiger partial charge on any atom is 0.258 e. The predicted molar refractivity (Wildman–Crippen MR) is 127 cm³/mol. The number of fused-ring (bicyclic) bond motifs is 1. The Labute approximate surface area is 197 Å². The Morgan fingerprint density at radius 1 is 1.18 bits per heavy atom. The van der Waals surface area contributed by atoms with Gasteiger partial charge in [-0.25, -0.2) is 13.4 Å². The fourth-order valence-electron chi connectivity index (χ4n) is 3.92. The maximum atomic E-state index is 13.5. The first-order chi connectivity index (χ1) is 15.7. The Morgan fingerprint density at radius 3 is 2.58 bits per heavy atom. The normalized spacial score (nSPS) is 14.8. The van der Waals surface area contributed by atoms with Crippen molar-refractivity contribution >= 4 is 38.4 Å². The Kier molecular flexibility index (Phi) is 6.56. The third-order valence-corrected chi connectivity index (χ3v) is 7.96. The number of nitrogens with zero attached hydrogens (tertiary/aromatic N) is 3. The number of carbonyl (C=O) groups is 1. The van der Waals surface area contributed by atoms with Gasteiger partial charge in [0, 0.05) is 19.1 Å². The van der Waals surface area contributed by atoms with Crippen LogP contribution < -0.4 is 5.56 Å². The van der Waals surface area contributed by atoms with Crippen LogP contribution in [0, 0.1) is 0 Å². The number of halogens is 1. The van der Waals surface area contributed by atoms with Crippen molar-refractivity contribution in [2.24, 2.45) is 0 Å². The van der Waals surface area contributed by atoms with Gasteiger partial charge in [-0.1, -0.05) is 23.7 Å². The van der Waals surface area contributed by atoms with E-state index in [1.54, 1.807) is 24.3 Å². The molecule has 2 heterocycles. The van der Waals surface area contributed by atoms with Crippen LogP contribution in [0.1, 0.15) is 42.9 Å². The lowest BCUT2D eigenvalue weighted by Crippen LogP contribution is -2.37. The van der Waals surface area contributed by atoms with Gasteiger partial charge in [0.25, 0.3) is 11.5 Å². The fraction of sp³-hybridized carbons (Fsp3) is 0.348. The number of para-hydroxylation sites is 1. The molecule has 0 aliphatic carbocycles. The molecular formula is C23H25ClN4O4S. The van der Waals surface area contributed by atoms with Gasteiger partial charge in [0.15, 0.2) is 0 Å². The topological polar surface area (TPSA) is 103 Å². The lowest BCUT2D eigenvalue weighted by Gasteiger charge is -2.27. The highest BCUT2D eigenvalue weighted by Crippen LogP contribution is 2.27. The minimum atomic E-state index is -3.70. The molecule has 10 heteroatoms. The summed E-state index contributed by atoms with van der Waals surface area (Å²) in [6.07, 6.45) is 1.63. The molecule has 33 heavy (non-hydrogen) atoms. The average Bonchev–Trinajstić information content (AvgIpc) is 3.33. The van der Waals surface area contributed by atoms with E-state index in [9.17, 15) is 18.0 Å². The van der Waals surface area contributed by atoms with Crippen LogP contribution in [0.2, 0.25) is 5.02 Å². The Bertz CT molecular complexity index is 1360. The number of nitrogens with one attached hydrogen (secondary N) is 1. The van der Waals surface area contributed by atoms with Crippen molar-refractivity contribution in [3.8, 4) is 0 Å². The fourth-order valence-corrected chi connectivity index (χ4v) is 5.66. The largest absolute Gasteiger partial charge is 0.329 e. The Morgan fingerprint density at radius 2 is 1.88 bits per heavy atom. The quantitative estimate of drug-likeness (QED) is 0.572. The molecule has 0 radical (unpaired) electrons. The van der Waals surface area contributed by atoms with E-state index in [0.717, 1.165) is 12.8 Å². The SMILES string of the molecule is CC(C)N(Cc1nc2ccccc2c(=O)[nH]1)C(=O)c1cc(S(=O)(=O)N2CCCC2)ccc1Cl. The summed E-state index contributed by atoms with van der Waals surface area (Å²) in [5.74, 6) is -0.109. The van der Waals surface area contributed by atoms with Crippen molar-refractivity contribution in [1.29, 1.82) is 0 Å². The lowest BCUT2D eigenvalue weighted by atomic mass is 10.1. The molecule has 0 atom stereocenters. The van der Waals surface area contributed by atoms with Gasteiger partial charge >= 0.3 is 0 Å². The molecule has 3 aromatic rings. The molecule has 8 nitrogen and oxygen atoms in total. The van der Waals surface area contributed by atoms with Crippen molar-refractivity contribution < 1.29 is 13.2 Å². The molecule has 2 aromatic carbocycles. The summed E-state index contributed by atoms with van der Waals surface area (Å²) < 4.78 is 27.4. The molecule has 174 valence electrons. The molecule has 0 unspecified atom stereocenters. The third-order valence-electron chi connectivity index (χ3n) is 5.74. The zero-order valence-electron chi connectivity index (χ0n) is 18.4. The van der Waals surface area contributed by atoms with E-state index in [1.165, 1.54) is 27.4 Å². The number of hydrogen-bond donors (Lipinski definition) is 1. The van der Waals surface area contributed by atoms with Gasteiger partial charge in [0.1, 0.15) is 5.82 Å². The highest BCUT2D eigenvalue weighted by Gasteiger charge is 2.29. The van der Waals surface area contributed by atoms with Crippen LogP contribution in [0.5, 0.6) is 0 Å². The molecule has 0 bridgehead atoms. The molecule has 1 aliphatic rings. The number of aromatic amines is 1. The van der Waals surface area contributed by atoms with Crippen LogP contribution in [0.25, 0.3) is 10.9 Å². The zero-order valence-corrected chi connectivity index (χ0v) is 20.0. The summed E-state index contributed by atoms with van der Waals surface area (Å²) in [6.45, 7) is 4.63. The van der Waals surface area contributed by atoms with Crippen LogP contribution >= 0.6 is 11.6 Å². The number of H-pyrrole nitrogens is 1. The average molecular weight is 489 g/mol. The monoisotopic (exact) mass is 488 g/mol. The summed E-state index contributed by atoms with van der Waals surface area (Å²) in [4.78, 5) is 34.7. The standard InChI is InChI=1S/C23H25ClN4O4S/c1-15(2)28(14-21-25-20-8-4-3-7-17(20)22(29)26-21)23(30)18-13-16(9-10-19(18)24)33(31,32)27-11-5-6-12-27/h3-4,7-10,13,15H,5-6,11-12,14H2,1-2H3,(H,25,26,29). The Balaban J connectivity index is 1.68. The second-order valence-electron chi connectivity index (χ2n) is 8.31. The van der Waals surface area contributed by atoms with Crippen molar-refractivity contribution in [2.45, 2.75) is 44.2 Å². The number of rotatable bonds is 6. The van der Waals surface area contributed by atoms with Crippen LogP contribution in [0.3, 0.4) is 0 Å². The van der Waals surface area contributed by atoms with Crippen LogP contribution in [0.4, 0.5) is 0 Å². The van der Waals surface area contributed by atoms with Gasteiger partial charge in [-0.3, -0.25) is 9.59 Å². The molecule has 0 spiro atoms. The lowest BCUT2D eigenvalue weighted by molar-refractivity contribution is 0.0685. The molecule has 0 saturated carbocycles. The molecule has 1 saturated heterocycles. The van der Waals surface area contributed by atoms with E-state index < -0.39 is 15.9 Å². The summed E-state index contributed by atoms with van der Waals surface area (Å²) in [5.41, 5.74) is 0.335.